The lowest BCUT2D eigenvalue weighted by Crippen LogP contribution is -2.06. The molecule has 4 nitrogen and oxygen atoms in total. The van der Waals surface area contributed by atoms with Crippen molar-refractivity contribution in [2.24, 2.45) is 0 Å². The molecule has 0 radical (unpaired) electrons. The van der Waals surface area contributed by atoms with Crippen LogP contribution in [-0.2, 0) is 4.79 Å². The molecule has 0 aliphatic heterocycles. The molecule has 0 heterocycles. The minimum Gasteiger partial charge on any atom is -0.497 e. The first-order valence-corrected chi connectivity index (χ1v) is 5.28. The molecule has 0 aliphatic rings. The van der Waals surface area contributed by atoms with Gasteiger partial charge in [-0.05, 0) is 32.1 Å². The van der Waals surface area contributed by atoms with Crippen LogP contribution in [0.2, 0.25) is 0 Å². The first-order chi connectivity index (χ1) is 8.02. The van der Waals surface area contributed by atoms with Crippen molar-refractivity contribution in [3.8, 4) is 11.5 Å². The van der Waals surface area contributed by atoms with Crippen LogP contribution in [0.1, 0.15) is 19.4 Å². The van der Waals surface area contributed by atoms with Crippen molar-refractivity contribution in [1.29, 1.82) is 0 Å². The van der Waals surface area contributed by atoms with Crippen molar-refractivity contribution < 1.29 is 19.4 Å². The molecule has 0 amide bonds. The fourth-order valence-electron chi connectivity index (χ4n) is 1.30. The van der Waals surface area contributed by atoms with Gasteiger partial charge in [-0.15, -0.1) is 0 Å². The minimum absolute atomic E-state index is 0.0130. The number of carboxylic acids is 1. The molecule has 0 aromatic heterocycles. The fourth-order valence-corrected chi connectivity index (χ4v) is 1.30. The van der Waals surface area contributed by atoms with Gasteiger partial charge >= 0.3 is 5.97 Å². The highest BCUT2D eigenvalue weighted by molar-refractivity contribution is 5.86. The Labute approximate surface area is 100 Å². The molecule has 1 N–H and O–H groups in total. The van der Waals surface area contributed by atoms with Gasteiger partial charge in [0, 0.05) is 17.7 Å². The average molecular weight is 236 g/mol. The normalized spacial score (nSPS) is 10.8. The summed E-state index contributed by atoms with van der Waals surface area (Å²) in [5.41, 5.74) is 0.710. The lowest BCUT2D eigenvalue weighted by molar-refractivity contribution is -0.131. The van der Waals surface area contributed by atoms with Crippen LogP contribution in [0.3, 0.4) is 0 Å². The maximum Gasteiger partial charge on any atom is 0.328 e. The van der Waals surface area contributed by atoms with E-state index >= 15 is 0 Å². The number of aliphatic carboxylic acids is 1. The van der Waals surface area contributed by atoms with E-state index in [1.54, 1.807) is 25.3 Å². The van der Waals surface area contributed by atoms with Crippen LogP contribution in [0, 0.1) is 0 Å². The predicted molar refractivity (Wildman–Crippen MR) is 65.4 cm³/mol. The highest BCUT2D eigenvalue weighted by Crippen LogP contribution is 2.26. The minimum atomic E-state index is -0.990. The molecule has 0 unspecified atom stereocenters. The van der Waals surface area contributed by atoms with E-state index in [0.717, 1.165) is 6.08 Å². The van der Waals surface area contributed by atoms with E-state index in [0.29, 0.717) is 17.1 Å². The van der Waals surface area contributed by atoms with E-state index in [1.165, 1.54) is 6.08 Å². The number of rotatable bonds is 5. The number of carboxylic acid groups (broad SMARTS) is 1. The smallest absolute Gasteiger partial charge is 0.328 e. The lowest BCUT2D eigenvalue weighted by atomic mass is 10.1. The maximum atomic E-state index is 10.5. The van der Waals surface area contributed by atoms with Crippen molar-refractivity contribution in [3.05, 3.63) is 29.8 Å². The Morgan fingerprint density at radius 3 is 2.65 bits per heavy atom. The molecule has 0 aliphatic carbocycles. The molecule has 17 heavy (non-hydrogen) atoms. The Hall–Kier alpha value is -1.97. The molecule has 1 rings (SSSR count). The number of carbonyl (C=O) groups is 1. The standard InChI is InChI=1S/C13H16O4/c1-9(2)17-12-8-11(16-3)6-4-10(12)5-7-13(14)15/h4-9H,1-3H3,(H,14,15). The average Bonchev–Trinajstić information content (AvgIpc) is 2.26. The molecule has 0 fully saturated rings. The van der Waals surface area contributed by atoms with Gasteiger partial charge in [-0.2, -0.15) is 0 Å². The van der Waals surface area contributed by atoms with Gasteiger partial charge in [-0.1, -0.05) is 0 Å². The Morgan fingerprint density at radius 1 is 1.41 bits per heavy atom. The first kappa shape index (κ1) is 13.1. The molecular weight excluding hydrogens is 220 g/mol. The van der Waals surface area contributed by atoms with E-state index in [2.05, 4.69) is 0 Å². The second kappa shape index (κ2) is 5.94. The summed E-state index contributed by atoms with van der Waals surface area (Å²) in [5, 5.41) is 8.60. The Morgan fingerprint density at radius 2 is 2.12 bits per heavy atom. The molecule has 0 spiro atoms. The van der Waals surface area contributed by atoms with Gasteiger partial charge in [0.2, 0.25) is 0 Å². The molecule has 1 aromatic carbocycles. The summed E-state index contributed by atoms with van der Waals surface area (Å²) in [5.74, 6) is 0.293. The van der Waals surface area contributed by atoms with Crippen LogP contribution in [0.5, 0.6) is 11.5 Å². The summed E-state index contributed by atoms with van der Waals surface area (Å²) in [6, 6.07) is 5.26. The third kappa shape index (κ3) is 4.18. The molecule has 0 saturated heterocycles. The quantitative estimate of drug-likeness (QED) is 0.798. The van der Waals surface area contributed by atoms with E-state index in [-0.39, 0.29) is 6.10 Å². The van der Waals surface area contributed by atoms with Crippen LogP contribution in [0.15, 0.2) is 24.3 Å². The molecular formula is C13H16O4. The first-order valence-electron chi connectivity index (χ1n) is 5.28. The molecule has 0 atom stereocenters. The second-order valence-electron chi connectivity index (χ2n) is 3.74. The van der Waals surface area contributed by atoms with Crippen LogP contribution in [0.4, 0.5) is 0 Å². The van der Waals surface area contributed by atoms with Crippen molar-refractivity contribution in [3.63, 3.8) is 0 Å². The van der Waals surface area contributed by atoms with Crippen LogP contribution < -0.4 is 9.47 Å². The number of ether oxygens (including phenoxy) is 2. The summed E-state index contributed by atoms with van der Waals surface area (Å²) in [4.78, 5) is 10.5. The van der Waals surface area contributed by atoms with Crippen LogP contribution >= 0.6 is 0 Å². The van der Waals surface area contributed by atoms with E-state index in [4.69, 9.17) is 14.6 Å². The van der Waals surface area contributed by atoms with Gasteiger partial charge in [0.15, 0.2) is 0 Å². The molecule has 0 bridgehead atoms. The van der Waals surface area contributed by atoms with Gasteiger partial charge in [0.05, 0.1) is 13.2 Å². The maximum absolute atomic E-state index is 10.5. The van der Waals surface area contributed by atoms with Crippen LogP contribution in [-0.4, -0.2) is 24.3 Å². The van der Waals surface area contributed by atoms with Crippen molar-refractivity contribution in [2.75, 3.05) is 7.11 Å². The zero-order valence-corrected chi connectivity index (χ0v) is 10.1. The second-order valence-corrected chi connectivity index (χ2v) is 3.74. The summed E-state index contributed by atoms with van der Waals surface area (Å²) in [7, 11) is 1.57. The molecule has 1 aromatic rings. The van der Waals surface area contributed by atoms with Crippen molar-refractivity contribution in [2.45, 2.75) is 20.0 Å². The summed E-state index contributed by atoms with van der Waals surface area (Å²) >= 11 is 0. The highest BCUT2D eigenvalue weighted by Gasteiger charge is 2.05. The lowest BCUT2D eigenvalue weighted by Gasteiger charge is -2.13. The zero-order valence-electron chi connectivity index (χ0n) is 10.1. The number of methoxy groups -OCH3 is 1. The van der Waals surface area contributed by atoms with Gasteiger partial charge in [-0.3, -0.25) is 0 Å². The molecule has 0 saturated carbocycles. The summed E-state index contributed by atoms with van der Waals surface area (Å²) in [6.07, 6.45) is 2.59. The van der Waals surface area contributed by atoms with E-state index in [9.17, 15) is 4.79 Å². The predicted octanol–water partition coefficient (Wildman–Crippen LogP) is 2.58. The third-order valence-electron chi connectivity index (χ3n) is 1.99. The summed E-state index contributed by atoms with van der Waals surface area (Å²) in [6.45, 7) is 3.81. The van der Waals surface area contributed by atoms with Gasteiger partial charge in [-0.25, -0.2) is 4.79 Å². The Balaban J connectivity index is 3.05. The largest absolute Gasteiger partial charge is 0.497 e. The van der Waals surface area contributed by atoms with Gasteiger partial charge in [0.1, 0.15) is 11.5 Å². The number of benzene rings is 1. The zero-order chi connectivity index (χ0) is 12.8. The third-order valence-corrected chi connectivity index (χ3v) is 1.99. The molecule has 92 valence electrons. The van der Waals surface area contributed by atoms with Gasteiger partial charge in [0.25, 0.3) is 0 Å². The fraction of sp³-hybridized carbons (Fsp3) is 0.308. The molecule has 4 heteroatoms. The van der Waals surface area contributed by atoms with Gasteiger partial charge < -0.3 is 14.6 Å². The monoisotopic (exact) mass is 236 g/mol. The number of hydrogen-bond acceptors (Lipinski definition) is 3. The topological polar surface area (TPSA) is 55.8 Å². The Kier molecular flexibility index (Phi) is 4.57. The summed E-state index contributed by atoms with van der Waals surface area (Å²) < 4.78 is 10.7. The van der Waals surface area contributed by atoms with Crippen molar-refractivity contribution >= 4 is 12.0 Å². The Bertz CT molecular complexity index is 421. The highest BCUT2D eigenvalue weighted by atomic mass is 16.5. The van der Waals surface area contributed by atoms with Crippen LogP contribution in [0.25, 0.3) is 6.08 Å². The van der Waals surface area contributed by atoms with Crippen molar-refractivity contribution in [1.82, 2.24) is 0 Å². The SMILES string of the molecule is COc1ccc(C=CC(=O)O)c(OC(C)C)c1. The van der Waals surface area contributed by atoms with E-state index < -0.39 is 5.97 Å². The number of hydrogen-bond donors (Lipinski definition) is 1. The van der Waals surface area contributed by atoms with E-state index in [1.807, 2.05) is 13.8 Å².